The van der Waals surface area contributed by atoms with Gasteiger partial charge in [-0.05, 0) is 25.7 Å². The second-order valence-corrected chi connectivity index (χ2v) is 10.3. The van der Waals surface area contributed by atoms with Crippen LogP contribution in [0.1, 0.15) is 182 Å². The Balaban J connectivity index is 0. The maximum Gasteiger partial charge on any atom is 0.305 e. The van der Waals surface area contributed by atoms with Crippen LogP contribution in [0.4, 0.5) is 0 Å². The van der Waals surface area contributed by atoms with Crippen molar-refractivity contribution in [2.24, 2.45) is 0 Å². The zero-order valence-corrected chi connectivity index (χ0v) is 25.0. The molecule has 0 aromatic carbocycles. The van der Waals surface area contributed by atoms with Crippen LogP contribution in [0.15, 0.2) is 0 Å². The summed E-state index contributed by atoms with van der Waals surface area (Å²) in [6.07, 6.45) is 28.0. The highest BCUT2D eigenvalue weighted by Gasteiger charge is 2.03. The first-order chi connectivity index (χ1) is 17.6. The van der Waals surface area contributed by atoms with Gasteiger partial charge >= 0.3 is 11.9 Å². The van der Waals surface area contributed by atoms with E-state index in [1.807, 2.05) is 0 Å². The molecule has 0 unspecified atom stereocenters. The van der Waals surface area contributed by atoms with Crippen molar-refractivity contribution in [3.05, 3.63) is 0 Å². The molecule has 4 heteroatoms. The van der Waals surface area contributed by atoms with Gasteiger partial charge in [0.1, 0.15) is 0 Å². The lowest BCUT2D eigenvalue weighted by Crippen LogP contribution is -2.05. The van der Waals surface area contributed by atoms with Gasteiger partial charge in [-0.2, -0.15) is 0 Å². The monoisotopic (exact) mass is 512 g/mol. The highest BCUT2D eigenvalue weighted by atomic mass is 16.5. The molecular weight excluding hydrogens is 448 g/mol. The predicted molar refractivity (Wildman–Crippen MR) is 155 cm³/mol. The number of esters is 2. The van der Waals surface area contributed by atoms with Gasteiger partial charge in [-0.1, -0.05) is 143 Å². The average Bonchev–Trinajstić information content (AvgIpc) is 2.88. The Hall–Kier alpha value is -1.06. The number of hydrogen-bond acceptors (Lipinski definition) is 4. The van der Waals surface area contributed by atoms with Gasteiger partial charge < -0.3 is 9.47 Å². The standard InChI is InChI=1S/2C16H32O2/c2*1-3-5-7-9-11-13-15-18-16(17)14-12-10-8-6-4-2/h2*3-15H2,1-2H3. The molecule has 0 amide bonds. The van der Waals surface area contributed by atoms with Gasteiger partial charge in [-0.15, -0.1) is 0 Å². The lowest BCUT2D eigenvalue weighted by molar-refractivity contribution is -0.144. The van der Waals surface area contributed by atoms with E-state index in [9.17, 15) is 9.59 Å². The van der Waals surface area contributed by atoms with Crippen LogP contribution in [0.3, 0.4) is 0 Å². The molecular formula is C32H64O4. The fourth-order valence-corrected chi connectivity index (χ4v) is 4.03. The first-order valence-corrected chi connectivity index (χ1v) is 15.9. The number of ether oxygens (including phenoxy) is 2. The Bertz CT molecular complexity index is 396. The van der Waals surface area contributed by atoms with E-state index < -0.39 is 0 Å². The highest BCUT2D eigenvalue weighted by Crippen LogP contribution is 2.09. The molecule has 0 atom stereocenters. The van der Waals surface area contributed by atoms with Gasteiger partial charge in [0, 0.05) is 12.8 Å². The lowest BCUT2D eigenvalue weighted by Gasteiger charge is -2.04. The average molecular weight is 513 g/mol. The number of rotatable bonds is 26. The second kappa shape index (κ2) is 33.9. The van der Waals surface area contributed by atoms with Gasteiger partial charge in [0.05, 0.1) is 13.2 Å². The molecule has 0 saturated heterocycles. The Kier molecular flexibility index (Phi) is 35.0. The number of unbranched alkanes of at least 4 members (excludes halogenated alkanes) is 18. The summed E-state index contributed by atoms with van der Waals surface area (Å²) in [4.78, 5) is 22.8. The molecule has 0 fully saturated rings. The van der Waals surface area contributed by atoms with E-state index >= 15 is 0 Å². The van der Waals surface area contributed by atoms with Crippen LogP contribution in [-0.2, 0) is 19.1 Å². The molecule has 0 heterocycles. The number of carbonyl (C=O) groups is 2. The zero-order valence-electron chi connectivity index (χ0n) is 25.0. The van der Waals surface area contributed by atoms with Crippen LogP contribution in [0, 0.1) is 0 Å². The van der Waals surface area contributed by atoms with Crippen molar-refractivity contribution in [1.29, 1.82) is 0 Å². The summed E-state index contributed by atoms with van der Waals surface area (Å²) in [6.45, 7) is 10.1. The molecule has 0 bridgehead atoms. The first kappa shape index (κ1) is 37.1. The van der Waals surface area contributed by atoms with Crippen molar-refractivity contribution in [3.8, 4) is 0 Å². The van der Waals surface area contributed by atoms with E-state index in [2.05, 4.69) is 27.7 Å². The van der Waals surface area contributed by atoms with Crippen molar-refractivity contribution in [3.63, 3.8) is 0 Å². The van der Waals surface area contributed by atoms with Crippen LogP contribution in [0.25, 0.3) is 0 Å². The predicted octanol–water partition coefficient (Wildman–Crippen LogP) is 10.5. The molecule has 0 radical (unpaired) electrons. The fourth-order valence-electron chi connectivity index (χ4n) is 4.03. The third kappa shape index (κ3) is 35.1. The molecule has 0 spiro atoms. The Morgan fingerprint density at radius 3 is 0.917 bits per heavy atom. The van der Waals surface area contributed by atoms with Crippen LogP contribution >= 0.6 is 0 Å². The molecule has 36 heavy (non-hydrogen) atoms. The van der Waals surface area contributed by atoms with Crippen LogP contribution in [-0.4, -0.2) is 25.2 Å². The van der Waals surface area contributed by atoms with Gasteiger partial charge in [-0.3, -0.25) is 9.59 Å². The summed E-state index contributed by atoms with van der Waals surface area (Å²) in [5.41, 5.74) is 0. The van der Waals surface area contributed by atoms with Gasteiger partial charge in [-0.25, -0.2) is 0 Å². The quantitative estimate of drug-likeness (QED) is 0.0854. The molecule has 0 aliphatic carbocycles. The zero-order chi connectivity index (χ0) is 27.0. The largest absolute Gasteiger partial charge is 0.466 e. The molecule has 4 nitrogen and oxygen atoms in total. The third-order valence-electron chi connectivity index (χ3n) is 6.49. The second-order valence-electron chi connectivity index (χ2n) is 10.3. The minimum atomic E-state index is 0.0000525. The molecule has 0 aliphatic heterocycles. The number of hydrogen-bond donors (Lipinski definition) is 0. The summed E-state index contributed by atoms with van der Waals surface area (Å²) < 4.78 is 10.4. The molecule has 0 aliphatic rings. The van der Waals surface area contributed by atoms with Crippen LogP contribution in [0.5, 0.6) is 0 Å². The van der Waals surface area contributed by atoms with Gasteiger partial charge in [0.25, 0.3) is 0 Å². The van der Waals surface area contributed by atoms with E-state index in [0.29, 0.717) is 26.1 Å². The summed E-state index contributed by atoms with van der Waals surface area (Å²) in [5.74, 6) is 0.000105. The van der Waals surface area contributed by atoms with E-state index in [1.165, 1.54) is 116 Å². The SMILES string of the molecule is CCCCCCCCOC(=O)CCCCCCC.CCCCCCCCOC(=O)CCCCCCC. The normalized spacial score (nSPS) is 10.6. The molecule has 0 aromatic heterocycles. The van der Waals surface area contributed by atoms with E-state index in [-0.39, 0.29) is 11.9 Å². The van der Waals surface area contributed by atoms with E-state index in [1.54, 1.807) is 0 Å². The lowest BCUT2D eigenvalue weighted by atomic mass is 10.1. The summed E-state index contributed by atoms with van der Waals surface area (Å²) in [5, 5.41) is 0. The maximum atomic E-state index is 11.4. The Morgan fingerprint density at radius 2 is 0.611 bits per heavy atom. The van der Waals surface area contributed by atoms with Crippen molar-refractivity contribution < 1.29 is 19.1 Å². The van der Waals surface area contributed by atoms with Gasteiger partial charge in [0.15, 0.2) is 0 Å². The first-order valence-electron chi connectivity index (χ1n) is 15.9. The Labute approximate surface area is 226 Å². The number of carbonyl (C=O) groups excluding carboxylic acids is 2. The maximum absolute atomic E-state index is 11.4. The van der Waals surface area contributed by atoms with Crippen molar-refractivity contribution in [2.45, 2.75) is 182 Å². The summed E-state index contributed by atoms with van der Waals surface area (Å²) in [6, 6.07) is 0. The topological polar surface area (TPSA) is 52.6 Å². The van der Waals surface area contributed by atoms with E-state index in [4.69, 9.17) is 9.47 Å². The van der Waals surface area contributed by atoms with Crippen molar-refractivity contribution >= 4 is 11.9 Å². The van der Waals surface area contributed by atoms with Crippen molar-refractivity contribution in [2.75, 3.05) is 13.2 Å². The third-order valence-corrected chi connectivity index (χ3v) is 6.49. The molecule has 0 N–H and O–H groups in total. The van der Waals surface area contributed by atoms with Crippen molar-refractivity contribution in [1.82, 2.24) is 0 Å². The highest BCUT2D eigenvalue weighted by molar-refractivity contribution is 5.69. The van der Waals surface area contributed by atoms with E-state index in [0.717, 1.165) is 25.7 Å². The molecule has 0 rings (SSSR count). The minimum absolute atomic E-state index is 0.0000525. The fraction of sp³-hybridized carbons (Fsp3) is 0.938. The Morgan fingerprint density at radius 1 is 0.361 bits per heavy atom. The molecule has 0 aromatic rings. The smallest absolute Gasteiger partial charge is 0.305 e. The summed E-state index contributed by atoms with van der Waals surface area (Å²) in [7, 11) is 0. The van der Waals surface area contributed by atoms with Crippen LogP contribution < -0.4 is 0 Å². The molecule has 216 valence electrons. The minimum Gasteiger partial charge on any atom is -0.466 e. The van der Waals surface area contributed by atoms with Crippen LogP contribution in [0.2, 0.25) is 0 Å². The summed E-state index contributed by atoms with van der Waals surface area (Å²) >= 11 is 0. The molecule has 0 saturated carbocycles. The van der Waals surface area contributed by atoms with Gasteiger partial charge in [0.2, 0.25) is 0 Å².